The molecule has 1 unspecified atom stereocenters. The summed E-state index contributed by atoms with van der Waals surface area (Å²) in [5, 5.41) is 47.5. The fraction of sp³-hybridized carbons (Fsp3) is 0.917. The van der Waals surface area contributed by atoms with Crippen molar-refractivity contribution in [3.05, 3.63) is 0 Å². The van der Waals surface area contributed by atoms with E-state index in [2.05, 4.69) is 12.2 Å². The van der Waals surface area contributed by atoms with Crippen LogP contribution in [-0.4, -0.2) is 75.3 Å². The molecule has 0 aromatic carbocycles. The number of rotatable bonds is 4. The van der Waals surface area contributed by atoms with Crippen LogP contribution >= 0.6 is 0 Å². The largest absolute Gasteiger partial charge is 0.396 e. The quantitative estimate of drug-likeness (QED) is 0.343. The number of aliphatic hydroxyl groups excluding tert-OH is 5. The van der Waals surface area contributed by atoms with Crippen LogP contribution in [0.1, 0.15) is 26.7 Å². The Balaban J connectivity index is 0.000000621. The molecule has 5 atom stereocenters. The van der Waals surface area contributed by atoms with Crippen molar-refractivity contribution in [1.82, 2.24) is 5.32 Å². The second kappa shape index (κ2) is 10.0. The summed E-state index contributed by atoms with van der Waals surface area (Å²) in [6.07, 6.45) is -3.20. The van der Waals surface area contributed by atoms with Crippen LogP contribution in [0, 0.1) is 0 Å². The molecule has 0 radical (unpaired) electrons. The lowest BCUT2D eigenvalue weighted by Gasteiger charge is -2.40. The Morgan fingerprint density at radius 2 is 1.80 bits per heavy atom. The summed E-state index contributed by atoms with van der Waals surface area (Å²) in [5.41, 5.74) is 0. The minimum atomic E-state index is -1.45. The van der Waals surface area contributed by atoms with Gasteiger partial charge in [0.1, 0.15) is 24.4 Å². The number of carbonyl (C=O) groups excluding carboxylic acids is 1. The third-order valence-corrected chi connectivity index (χ3v) is 2.78. The predicted octanol–water partition coefficient (Wildman–Crippen LogP) is -2.30. The molecule has 20 heavy (non-hydrogen) atoms. The summed E-state index contributed by atoms with van der Waals surface area (Å²) >= 11 is 0. The highest BCUT2D eigenvalue weighted by molar-refractivity contribution is 5.73. The lowest BCUT2D eigenvalue weighted by atomic mass is 9.97. The molecule has 6 N–H and O–H groups in total. The first-order chi connectivity index (χ1) is 9.38. The van der Waals surface area contributed by atoms with Gasteiger partial charge in [-0.05, 0) is 6.42 Å². The molecule has 0 aliphatic carbocycles. The smallest absolute Gasteiger partial charge is 0.217 e. The molecule has 0 aromatic rings. The van der Waals surface area contributed by atoms with E-state index in [0.717, 1.165) is 12.8 Å². The van der Waals surface area contributed by atoms with E-state index in [9.17, 15) is 20.1 Å². The van der Waals surface area contributed by atoms with Gasteiger partial charge in [-0.25, -0.2) is 0 Å². The van der Waals surface area contributed by atoms with Gasteiger partial charge in [-0.3, -0.25) is 4.79 Å². The van der Waals surface area contributed by atoms with Crippen LogP contribution in [-0.2, 0) is 9.53 Å². The second-order valence-corrected chi connectivity index (χ2v) is 4.53. The fourth-order valence-corrected chi connectivity index (χ4v) is 1.65. The normalized spacial score (nSPS) is 33.0. The molecule has 0 aromatic heterocycles. The van der Waals surface area contributed by atoms with Gasteiger partial charge in [0, 0.05) is 13.5 Å². The summed E-state index contributed by atoms with van der Waals surface area (Å²) in [6.45, 7) is 3.08. The van der Waals surface area contributed by atoms with Crippen LogP contribution in [0.2, 0.25) is 0 Å². The van der Waals surface area contributed by atoms with E-state index >= 15 is 0 Å². The minimum absolute atomic E-state index is 0.344. The number of hydrogen-bond donors (Lipinski definition) is 6. The van der Waals surface area contributed by atoms with E-state index in [4.69, 9.17) is 14.9 Å². The first-order valence-electron chi connectivity index (χ1n) is 6.57. The van der Waals surface area contributed by atoms with Crippen LogP contribution in [0.3, 0.4) is 0 Å². The van der Waals surface area contributed by atoms with Gasteiger partial charge in [0.15, 0.2) is 6.29 Å². The number of hydrogen-bond acceptors (Lipinski definition) is 7. The Morgan fingerprint density at radius 1 is 1.20 bits per heavy atom. The molecule has 0 saturated carbocycles. The van der Waals surface area contributed by atoms with E-state index in [1.165, 1.54) is 6.92 Å². The number of carbonyl (C=O) groups is 1. The highest BCUT2D eigenvalue weighted by atomic mass is 16.6. The average Bonchev–Trinajstić information content (AvgIpc) is 2.40. The zero-order valence-corrected chi connectivity index (χ0v) is 11.8. The third-order valence-electron chi connectivity index (χ3n) is 2.78. The molecule has 120 valence electrons. The number of ether oxygens (including phenoxy) is 1. The van der Waals surface area contributed by atoms with Crippen molar-refractivity contribution in [2.24, 2.45) is 0 Å². The average molecular weight is 295 g/mol. The second-order valence-electron chi connectivity index (χ2n) is 4.53. The van der Waals surface area contributed by atoms with Crippen molar-refractivity contribution in [3.8, 4) is 0 Å². The van der Waals surface area contributed by atoms with Gasteiger partial charge < -0.3 is 35.6 Å². The molecule has 8 nitrogen and oxygen atoms in total. The molecule has 1 saturated heterocycles. The monoisotopic (exact) mass is 295 g/mol. The summed E-state index contributed by atoms with van der Waals surface area (Å²) in [7, 11) is 0. The van der Waals surface area contributed by atoms with Crippen molar-refractivity contribution in [2.45, 2.75) is 57.3 Å². The Labute approximate surface area is 118 Å². The van der Waals surface area contributed by atoms with Crippen molar-refractivity contribution in [3.63, 3.8) is 0 Å². The van der Waals surface area contributed by atoms with Crippen LogP contribution in [0.25, 0.3) is 0 Å². The maximum Gasteiger partial charge on any atom is 0.217 e. The number of amides is 1. The maximum absolute atomic E-state index is 10.7. The van der Waals surface area contributed by atoms with Crippen molar-refractivity contribution < 1.29 is 35.1 Å². The first kappa shape index (κ1) is 19.2. The van der Waals surface area contributed by atoms with Gasteiger partial charge in [0.05, 0.1) is 6.61 Å². The Kier molecular flexibility index (Phi) is 9.64. The van der Waals surface area contributed by atoms with E-state index in [-0.39, 0.29) is 0 Å². The zero-order chi connectivity index (χ0) is 15.7. The summed E-state index contributed by atoms with van der Waals surface area (Å²) < 4.78 is 4.81. The van der Waals surface area contributed by atoms with Crippen molar-refractivity contribution >= 4 is 5.91 Å². The Morgan fingerprint density at radius 3 is 2.15 bits per heavy atom. The molecule has 1 aliphatic heterocycles. The predicted molar refractivity (Wildman–Crippen MR) is 69.6 cm³/mol. The van der Waals surface area contributed by atoms with Gasteiger partial charge >= 0.3 is 0 Å². The molecule has 1 rings (SSSR count). The Hall–Kier alpha value is -0.770. The van der Waals surface area contributed by atoms with E-state index in [1.807, 2.05) is 0 Å². The minimum Gasteiger partial charge on any atom is -0.396 e. The topological polar surface area (TPSA) is 139 Å². The lowest BCUT2D eigenvalue weighted by molar-refractivity contribution is -0.253. The van der Waals surface area contributed by atoms with Crippen LogP contribution < -0.4 is 5.32 Å². The van der Waals surface area contributed by atoms with Crippen LogP contribution in [0.4, 0.5) is 0 Å². The first-order valence-corrected chi connectivity index (χ1v) is 6.57. The van der Waals surface area contributed by atoms with E-state index in [1.54, 1.807) is 0 Å². The van der Waals surface area contributed by atoms with Crippen molar-refractivity contribution in [2.75, 3.05) is 13.2 Å². The Bertz CT molecular complexity index is 275. The SMILES string of the molecule is CC(=O)N[C@H]1C(O)O[C@H](CO)[C@@H](O)[C@@H]1O.CCCCO. The van der Waals surface area contributed by atoms with Crippen molar-refractivity contribution in [1.29, 1.82) is 0 Å². The highest BCUT2D eigenvalue weighted by Crippen LogP contribution is 2.19. The molecule has 1 fully saturated rings. The highest BCUT2D eigenvalue weighted by Gasteiger charge is 2.43. The molecule has 0 bridgehead atoms. The molecular weight excluding hydrogens is 270 g/mol. The van der Waals surface area contributed by atoms with E-state index < -0.39 is 43.2 Å². The fourth-order valence-electron chi connectivity index (χ4n) is 1.65. The number of aliphatic hydroxyl groups is 5. The summed E-state index contributed by atoms with van der Waals surface area (Å²) in [4.78, 5) is 10.7. The van der Waals surface area contributed by atoms with Gasteiger partial charge in [0.25, 0.3) is 0 Å². The van der Waals surface area contributed by atoms with Gasteiger partial charge in [-0.2, -0.15) is 0 Å². The lowest BCUT2D eigenvalue weighted by Crippen LogP contribution is -2.63. The summed E-state index contributed by atoms with van der Waals surface area (Å²) in [5.74, 6) is -0.462. The third kappa shape index (κ3) is 6.12. The van der Waals surface area contributed by atoms with Gasteiger partial charge in [-0.15, -0.1) is 0 Å². The summed E-state index contributed by atoms with van der Waals surface area (Å²) in [6, 6.07) is -1.10. The molecular formula is C12H25NO7. The van der Waals surface area contributed by atoms with E-state index in [0.29, 0.717) is 6.61 Å². The molecule has 0 spiro atoms. The van der Waals surface area contributed by atoms with Crippen LogP contribution in [0.5, 0.6) is 0 Å². The zero-order valence-electron chi connectivity index (χ0n) is 11.8. The number of nitrogens with one attached hydrogen (secondary N) is 1. The standard InChI is InChI=1S/C8H15NO6.C4H10O/c1-3(11)9-5-7(13)6(12)4(2-10)15-8(5)14;1-2-3-4-5/h4-8,10,12-14H,2H2,1H3,(H,9,11);5H,2-4H2,1H3/t4-,5-,6-,7-,8?;/m1./s1. The molecule has 8 heteroatoms. The molecule has 1 aliphatic rings. The number of unbranched alkanes of at least 4 members (excludes halogenated alkanes) is 1. The molecule has 1 amide bonds. The maximum atomic E-state index is 10.7. The van der Waals surface area contributed by atoms with Gasteiger partial charge in [-0.1, -0.05) is 13.3 Å². The molecule has 1 heterocycles. The van der Waals surface area contributed by atoms with Crippen LogP contribution in [0.15, 0.2) is 0 Å². The van der Waals surface area contributed by atoms with Gasteiger partial charge in [0.2, 0.25) is 5.91 Å².